The molecule has 1 aliphatic heterocycles. The Kier molecular flexibility index (Phi) is 5.13. The topological polar surface area (TPSA) is 196 Å². The van der Waals surface area contributed by atoms with E-state index >= 15 is 0 Å². The third-order valence-corrected chi connectivity index (χ3v) is 4.36. The molecule has 1 fully saturated rings. The Hall–Kier alpha value is -3.19. The van der Waals surface area contributed by atoms with Crippen LogP contribution in [0.4, 0.5) is 0 Å². The van der Waals surface area contributed by atoms with Crippen molar-refractivity contribution in [3.05, 3.63) is 29.8 Å². The van der Waals surface area contributed by atoms with Crippen molar-refractivity contribution in [2.75, 3.05) is 6.54 Å². The number of β-lactam (4-membered cyclic amide) rings is 1. The Bertz CT molecular complexity index is 867. The maximum atomic E-state index is 12.4. The molecule has 26 heavy (non-hydrogen) atoms. The summed E-state index contributed by atoms with van der Waals surface area (Å²) in [6, 6.07) is 2.33. The Morgan fingerprint density at radius 2 is 1.81 bits per heavy atom. The van der Waals surface area contributed by atoms with Gasteiger partial charge in [0.2, 0.25) is 5.91 Å². The average Bonchev–Trinajstić information content (AvgIpc) is 2.54. The first-order valence-corrected chi connectivity index (χ1v) is 8.39. The summed E-state index contributed by atoms with van der Waals surface area (Å²) in [7, 11) is -4.72. The second-order valence-electron chi connectivity index (χ2n) is 5.27. The third-order valence-electron chi connectivity index (χ3n) is 3.48. The molecule has 0 aliphatic carbocycles. The van der Waals surface area contributed by atoms with Gasteiger partial charge in [0, 0.05) is 0 Å². The van der Waals surface area contributed by atoms with Gasteiger partial charge in [-0.05, 0) is 17.7 Å². The molecule has 0 bridgehead atoms. The first kappa shape index (κ1) is 19.1. The van der Waals surface area contributed by atoms with E-state index < -0.39 is 52.6 Å². The van der Waals surface area contributed by atoms with Gasteiger partial charge in [-0.3, -0.25) is 23.7 Å². The zero-order valence-corrected chi connectivity index (χ0v) is 13.8. The molecule has 140 valence electrons. The first-order valence-electron chi connectivity index (χ1n) is 6.99. The summed E-state index contributed by atoms with van der Waals surface area (Å²) in [5, 5.41) is 13.5. The molecule has 1 aliphatic rings. The van der Waals surface area contributed by atoms with E-state index in [1.807, 2.05) is 0 Å². The number of amides is 4. The number of nitrogens with two attached hydrogens (primary N) is 1. The highest BCUT2D eigenvalue weighted by Crippen LogP contribution is 2.19. The van der Waals surface area contributed by atoms with E-state index in [2.05, 4.69) is 10.6 Å². The van der Waals surface area contributed by atoms with Crippen molar-refractivity contribution in [1.82, 2.24) is 14.9 Å². The fourth-order valence-electron chi connectivity index (χ4n) is 2.13. The molecule has 0 aromatic heterocycles. The van der Waals surface area contributed by atoms with Crippen LogP contribution in [0.3, 0.4) is 0 Å². The van der Waals surface area contributed by atoms with Crippen LogP contribution in [0.5, 0.6) is 5.75 Å². The van der Waals surface area contributed by atoms with Gasteiger partial charge in [-0.2, -0.15) is 8.42 Å². The van der Waals surface area contributed by atoms with Crippen molar-refractivity contribution >= 4 is 33.9 Å². The molecule has 2 atom stereocenters. The number of primary amides is 1. The van der Waals surface area contributed by atoms with Crippen LogP contribution < -0.4 is 16.4 Å². The summed E-state index contributed by atoms with van der Waals surface area (Å²) in [5.74, 6) is -4.73. The number of rotatable bonds is 5. The van der Waals surface area contributed by atoms with Crippen LogP contribution in [0.2, 0.25) is 0 Å². The molecule has 4 amide bonds. The number of phenols is 1. The number of hydrogen-bond acceptors (Lipinski definition) is 7. The molecule has 1 aromatic carbocycles. The highest BCUT2D eigenvalue weighted by atomic mass is 32.2. The minimum absolute atomic E-state index is 0.118. The van der Waals surface area contributed by atoms with E-state index in [1.54, 1.807) is 0 Å². The molecule has 1 unspecified atom stereocenters. The molecule has 1 saturated heterocycles. The van der Waals surface area contributed by atoms with Crippen LogP contribution >= 0.6 is 0 Å². The van der Waals surface area contributed by atoms with Gasteiger partial charge in [-0.15, -0.1) is 0 Å². The number of carbonyl (C=O) groups excluding carboxylic acids is 4. The molecule has 0 spiro atoms. The fourth-order valence-corrected chi connectivity index (χ4v) is 2.83. The zero-order valence-electron chi connectivity index (χ0n) is 12.9. The lowest BCUT2D eigenvalue weighted by molar-refractivity contribution is -0.142. The summed E-state index contributed by atoms with van der Waals surface area (Å²) in [5.41, 5.74) is 5.00. The lowest BCUT2D eigenvalue weighted by Crippen LogP contribution is -2.66. The largest absolute Gasteiger partial charge is 0.508 e. The normalized spacial score (nSPS) is 17.8. The molecule has 6 N–H and O–H groups in total. The maximum Gasteiger partial charge on any atom is 0.362 e. The van der Waals surface area contributed by atoms with Crippen LogP contribution in [0.15, 0.2) is 24.3 Å². The van der Waals surface area contributed by atoms with E-state index in [0.29, 0.717) is 0 Å². The molecular formula is C13H14N4O8S. The quantitative estimate of drug-likeness (QED) is 0.203. The second-order valence-corrected chi connectivity index (χ2v) is 6.61. The molecule has 0 radical (unpaired) electrons. The molecular weight excluding hydrogens is 372 g/mol. The smallest absolute Gasteiger partial charge is 0.362 e. The van der Waals surface area contributed by atoms with Crippen LogP contribution in [0.25, 0.3) is 0 Å². The highest BCUT2D eigenvalue weighted by molar-refractivity contribution is 7.84. The van der Waals surface area contributed by atoms with E-state index in [-0.39, 0.29) is 15.6 Å². The number of hydrogen-bond donors (Lipinski definition) is 5. The van der Waals surface area contributed by atoms with Crippen molar-refractivity contribution in [1.29, 1.82) is 0 Å². The van der Waals surface area contributed by atoms with Crippen LogP contribution in [-0.4, -0.2) is 58.6 Å². The Labute approximate surface area is 146 Å². The van der Waals surface area contributed by atoms with Gasteiger partial charge in [0.05, 0.1) is 6.54 Å². The summed E-state index contributed by atoms with van der Waals surface area (Å²) in [6.45, 7) is -0.491. The summed E-state index contributed by atoms with van der Waals surface area (Å²) >= 11 is 0. The monoisotopic (exact) mass is 386 g/mol. The number of carbonyl (C=O) groups is 4. The fraction of sp³-hybridized carbons (Fsp3) is 0.231. The number of aromatic hydroxyl groups is 1. The first-order chi connectivity index (χ1) is 12.0. The predicted molar refractivity (Wildman–Crippen MR) is 83.4 cm³/mol. The molecule has 1 aromatic rings. The van der Waals surface area contributed by atoms with Crippen molar-refractivity contribution in [3.63, 3.8) is 0 Å². The third kappa shape index (κ3) is 4.07. The summed E-state index contributed by atoms with van der Waals surface area (Å²) in [4.78, 5) is 46.5. The van der Waals surface area contributed by atoms with Crippen LogP contribution in [0.1, 0.15) is 11.6 Å². The van der Waals surface area contributed by atoms with Gasteiger partial charge in [-0.25, -0.2) is 4.31 Å². The van der Waals surface area contributed by atoms with Gasteiger partial charge in [-0.1, -0.05) is 12.1 Å². The van der Waals surface area contributed by atoms with E-state index in [0.717, 1.165) is 0 Å². The van der Waals surface area contributed by atoms with E-state index in [9.17, 15) is 32.7 Å². The summed E-state index contributed by atoms with van der Waals surface area (Å²) < 4.78 is 30.7. The second kappa shape index (κ2) is 6.97. The Morgan fingerprint density at radius 1 is 1.23 bits per heavy atom. The van der Waals surface area contributed by atoms with Gasteiger partial charge in [0.15, 0.2) is 0 Å². The molecule has 1 heterocycles. The van der Waals surface area contributed by atoms with Crippen molar-refractivity contribution in [2.45, 2.75) is 12.1 Å². The molecule has 13 heteroatoms. The number of phenolic OH excluding ortho intramolecular Hbond substituents is 1. The number of nitrogens with zero attached hydrogens (tertiary/aromatic N) is 1. The Balaban J connectivity index is 2.16. The summed E-state index contributed by atoms with van der Waals surface area (Å²) in [6.07, 6.45) is 0. The van der Waals surface area contributed by atoms with Gasteiger partial charge in [0.1, 0.15) is 17.8 Å². The SMILES string of the molecule is NC(=O)C(=O)NC(C(=O)N[C@H]1CN(S(=O)(=O)O)C1=O)c1ccc(O)cc1. The zero-order chi connectivity index (χ0) is 19.6. The average molecular weight is 386 g/mol. The van der Waals surface area contributed by atoms with E-state index in [4.69, 9.17) is 10.3 Å². The maximum absolute atomic E-state index is 12.4. The van der Waals surface area contributed by atoms with Crippen LogP contribution in [0, 0.1) is 0 Å². The minimum atomic E-state index is -4.72. The van der Waals surface area contributed by atoms with Crippen molar-refractivity contribution < 1.29 is 37.3 Å². The van der Waals surface area contributed by atoms with Gasteiger partial charge in [0.25, 0.3) is 5.91 Å². The van der Waals surface area contributed by atoms with Gasteiger partial charge < -0.3 is 21.5 Å². The highest BCUT2D eigenvalue weighted by Gasteiger charge is 2.45. The van der Waals surface area contributed by atoms with E-state index in [1.165, 1.54) is 24.3 Å². The van der Waals surface area contributed by atoms with Crippen molar-refractivity contribution in [3.8, 4) is 5.75 Å². The van der Waals surface area contributed by atoms with Gasteiger partial charge >= 0.3 is 22.1 Å². The predicted octanol–water partition coefficient (Wildman–Crippen LogP) is -2.84. The molecule has 0 saturated carbocycles. The lowest BCUT2D eigenvalue weighted by atomic mass is 10.0. The number of benzene rings is 1. The number of nitrogens with one attached hydrogen (secondary N) is 2. The molecule has 2 rings (SSSR count). The Morgan fingerprint density at radius 3 is 2.27 bits per heavy atom. The van der Waals surface area contributed by atoms with Crippen LogP contribution in [-0.2, 0) is 29.5 Å². The molecule has 12 nitrogen and oxygen atoms in total. The standard InChI is InChI=1S/C13H14N4O8S/c14-10(19)12(21)16-9(6-1-3-7(18)4-2-6)11(20)15-8-5-17(13(8)22)26(23,24)25/h1-4,8-9,18H,5H2,(H2,14,19)(H,15,20)(H,16,21)(H,23,24,25)/t8-,9?/m0/s1. The van der Waals surface area contributed by atoms with Crippen molar-refractivity contribution in [2.24, 2.45) is 5.73 Å². The minimum Gasteiger partial charge on any atom is -0.508 e. The lowest BCUT2D eigenvalue weighted by Gasteiger charge is -2.36.